The quantitative estimate of drug-likeness (QED) is 0.00980. The van der Waals surface area contributed by atoms with Crippen molar-refractivity contribution < 1.29 is 28.7 Å². The highest BCUT2D eigenvalue weighted by Gasteiger charge is 2.26. The Hall–Kier alpha value is -4.97. The molecule has 0 aliphatic heterocycles. The van der Waals surface area contributed by atoms with Gasteiger partial charge >= 0.3 is 0 Å². The maximum Gasteiger partial charge on any atom is 0.281 e. The number of hydrogen-bond acceptors (Lipinski definition) is 13. The van der Waals surface area contributed by atoms with E-state index in [0.717, 1.165) is 110 Å². The van der Waals surface area contributed by atoms with E-state index in [9.17, 15) is 24.0 Å². The molecular weight excluding hydrogens is 978 g/mol. The van der Waals surface area contributed by atoms with Crippen molar-refractivity contribution in [1.82, 2.24) is 20.4 Å². The van der Waals surface area contributed by atoms with E-state index in [1.54, 1.807) is 12.1 Å². The van der Waals surface area contributed by atoms with Crippen molar-refractivity contribution in [2.75, 3.05) is 63.1 Å². The Morgan fingerprint density at radius 1 is 0.657 bits per heavy atom. The van der Waals surface area contributed by atoms with E-state index in [1.165, 1.54) is 36.4 Å². The van der Waals surface area contributed by atoms with Crippen LogP contribution in [0.1, 0.15) is 125 Å². The molecule has 0 aromatic heterocycles. The van der Waals surface area contributed by atoms with Gasteiger partial charge in [-0.05, 0) is 139 Å². The highest BCUT2D eigenvalue weighted by molar-refractivity contribution is 6.40. The summed E-state index contributed by atoms with van der Waals surface area (Å²) in [4.78, 5) is 70.4. The second kappa shape index (κ2) is 32.8. The minimum atomic E-state index is -1.63. The largest absolute Gasteiger partial charge is 0.424 e. The topological polar surface area (TPSA) is 210 Å². The molecule has 382 valence electrons. The fourth-order valence-corrected chi connectivity index (χ4v) is 7.70. The first-order valence-corrected chi connectivity index (χ1v) is 25.5. The number of nitrogens with one attached hydrogen (secondary N) is 5. The van der Waals surface area contributed by atoms with Crippen molar-refractivity contribution in [3.05, 3.63) is 85.3 Å². The Kier molecular flexibility index (Phi) is 27.8. The van der Waals surface area contributed by atoms with E-state index in [0.29, 0.717) is 25.1 Å². The maximum absolute atomic E-state index is 13.4. The van der Waals surface area contributed by atoms with Crippen LogP contribution in [0.3, 0.4) is 0 Å². The number of unbranched alkanes of at least 4 members (excludes halogenated alkanes) is 4. The molecule has 0 heterocycles. The lowest BCUT2D eigenvalue weighted by atomic mass is 10.1. The van der Waals surface area contributed by atoms with Gasteiger partial charge in [-0.2, -0.15) is 10.2 Å². The molecule has 3 amide bonds. The zero-order valence-corrected chi connectivity index (χ0v) is 43.9. The fraction of sp³-hybridized carbons (Fsp3) is 0.500. The molecule has 1 atom stereocenters. The molecule has 3 aromatic rings. The van der Waals surface area contributed by atoms with Crippen LogP contribution in [-0.2, 0) is 25.5 Å². The van der Waals surface area contributed by atoms with Gasteiger partial charge in [-0.15, -0.1) is 5.10 Å². The van der Waals surface area contributed by atoms with Crippen molar-refractivity contribution in [3.63, 3.8) is 0 Å². The van der Waals surface area contributed by atoms with Crippen LogP contribution in [0.5, 0.6) is 0 Å². The Labute approximate surface area is 432 Å². The number of hydrazone groups is 1. The van der Waals surface area contributed by atoms with Gasteiger partial charge in [0.15, 0.2) is 12.2 Å². The van der Waals surface area contributed by atoms with Crippen LogP contribution in [0.2, 0.25) is 20.1 Å². The van der Waals surface area contributed by atoms with Crippen LogP contribution >= 0.6 is 46.4 Å². The summed E-state index contributed by atoms with van der Waals surface area (Å²) < 4.78 is 5.11. The van der Waals surface area contributed by atoms with E-state index < -0.39 is 35.8 Å². The number of carbonyl (C=O) groups is 5. The van der Waals surface area contributed by atoms with E-state index >= 15 is 0 Å². The minimum absolute atomic E-state index is 0.00986. The predicted molar refractivity (Wildman–Crippen MR) is 283 cm³/mol. The maximum atomic E-state index is 13.4. The molecule has 0 radical (unpaired) electrons. The van der Waals surface area contributed by atoms with E-state index in [1.807, 2.05) is 0 Å². The molecule has 0 saturated carbocycles. The highest BCUT2D eigenvalue weighted by Crippen LogP contribution is 2.31. The first-order chi connectivity index (χ1) is 33.6. The summed E-state index contributed by atoms with van der Waals surface area (Å²) in [7, 11) is 0. The summed E-state index contributed by atoms with van der Waals surface area (Å²) in [6, 6.07) is 10.0. The number of hydrogen-bond donors (Lipinski definition) is 5. The molecule has 0 aliphatic rings. The van der Waals surface area contributed by atoms with Crippen molar-refractivity contribution >= 4 is 105 Å². The summed E-state index contributed by atoms with van der Waals surface area (Å²) in [5.41, 5.74) is 3.75. The number of Topliss-reactive ketones (excluding diaryl/α,β-unsaturated/α-hetero) is 2. The van der Waals surface area contributed by atoms with E-state index in [4.69, 9.17) is 56.5 Å². The monoisotopic (exact) mass is 1040 g/mol. The number of benzene rings is 3. The molecule has 5 N–H and O–H groups in total. The van der Waals surface area contributed by atoms with Crippen molar-refractivity contribution in [3.8, 4) is 0 Å². The summed E-state index contributed by atoms with van der Waals surface area (Å²) in [5, 5.41) is 28.3. The zero-order valence-electron chi connectivity index (χ0n) is 40.9. The number of anilines is 2. The Morgan fingerprint density at radius 3 is 1.69 bits per heavy atom. The predicted octanol–water partition coefficient (Wildman–Crippen LogP) is 11.2. The number of amides is 3. The third kappa shape index (κ3) is 20.8. The standard InChI is InChI=1S/C50H68Cl4N10O6/c1-6-10-22-63(23-11-7-2)26-14-20-56-47(67)35-16-18-38(51)43(29-35)59-61-46(34(5)65)49(69)58-42-32-40(53)37(28-41(42)54)31-45(66)50(70-33-55)62-60-44-30-36(17-19-39(44)52)48(68)57-21-15-27-64(24-12-8-3)25-13-9-4/h16-19,28-30,32-33,46,55,60H,6-15,20-27,31H2,1-5H3,(H,56,67)(H,57,68)(H,58,69). The Balaban J connectivity index is 1.65. The van der Waals surface area contributed by atoms with Crippen molar-refractivity contribution in [2.24, 2.45) is 15.3 Å². The number of carbonyl (C=O) groups excluding carboxylic acids is 5. The summed E-state index contributed by atoms with van der Waals surface area (Å²) >= 11 is 25.9. The molecule has 0 spiro atoms. The van der Waals surface area contributed by atoms with E-state index in [-0.39, 0.29) is 60.1 Å². The lowest BCUT2D eigenvalue weighted by molar-refractivity contribution is -0.126. The third-order valence-corrected chi connectivity index (χ3v) is 12.3. The van der Waals surface area contributed by atoms with Gasteiger partial charge in [0, 0.05) is 35.7 Å². The molecule has 0 aliphatic carbocycles. The van der Waals surface area contributed by atoms with E-state index in [2.05, 4.69) is 74.2 Å². The smallest absolute Gasteiger partial charge is 0.281 e. The van der Waals surface area contributed by atoms with Crippen LogP contribution < -0.4 is 21.4 Å². The molecule has 3 aromatic carbocycles. The van der Waals surface area contributed by atoms with Gasteiger partial charge in [0.2, 0.25) is 11.8 Å². The number of ether oxygens (including phenoxy) is 1. The SMILES string of the molecule is CCCCN(CCCC)CCCNC(=O)c1ccc(Cl)c(N=NC(C(C)=O)C(=O)Nc2cc(Cl)c(CC(=O)C(=NNc3cc(C(=O)NCCCN(CCCC)CCCC)ccc3Cl)OC=N)cc2Cl)c1. The Morgan fingerprint density at radius 2 is 1.17 bits per heavy atom. The average molecular weight is 1050 g/mol. The Bertz CT molecular complexity index is 2260. The van der Waals surface area contributed by atoms with Gasteiger partial charge < -0.3 is 30.5 Å². The first-order valence-electron chi connectivity index (χ1n) is 24.0. The minimum Gasteiger partial charge on any atom is -0.424 e. The van der Waals surface area contributed by atoms with Crippen LogP contribution in [0.15, 0.2) is 63.9 Å². The van der Waals surface area contributed by atoms with Gasteiger partial charge in [-0.1, -0.05) is 99.8 Å². The second-order valence-corrected chi connectivity index (χ2v) is 18.3. The molecular formula is C50H68Cl4N10O6. The van der Waals surface area contributed by atoms with Crippen LogP contribution in [0.4, 0.5) is 17.1 Å². The summed E-state index contributed by atoms with van der Waals surface area (Å²) in [6.07, 6.45) is 10.7. The van der Waals surface area contributed by atoms with Crippen LogP contribution in [0.25, 0.3) is 0 Å². The molecule has 0 saturated heterocycles. The normalized spacial score (nSPS) is 12.0. The van der Waals surface area contributed by atoms with Crippen LogP contribution in [0, 0.1) is 5.41 Å². The third-order valence-electron chi connectivity index (χ3n) is 11.0. The van der Waals surface area contributed by atoms with Crippen molar-refractivity contribution in [1.29, 1.82) is 5.41 Å². The molecule has 16 nitrogen and oxygen atoms in total. The molecule has 0 bridgehead atoms. The lowest BCUT2D eigenvalue weighted by Gasteiger charge is -2.21. The average Bonchev–Trinajstić information content (AvgIpc) is 3.33. The molecule has 20 heteroatoms. The summed E-state index contributed by atoms with van der Waals surface area (Å²) in [6.45, 7) is 16.7. The van der Waals surface area contributed by atoms with Gasteiger partial charge in [0.25, 0.3) is 23.6 Å². The number of ketones is 2. The van der Waals surface area contributed by atoms with Crippen molar-refractivity contribution in [2.45, 2.75) is 111 Å². The second-order valence-electron chi connectivity index (χ2n) is 16.7. The van der Waals surface area contributed by atoms with Gasteiger partial charge in [-0.25, -0.2) is 0 Å². The molecule has 70 heavy (non-hydrogen) atoms. The number of halogens is 4. The summed E-state index contributed by atoms with van der Waals surface area (Å²) in [5.74, 6) is -3.41. The number of rotatable bonds is 33. The molecule has 1 unspecified atom stereocenters. The van der Waals surface area contributed by atoms with Gasteiger partial charge in [0.05, 0.1) is 26.4 Å². The number of azo groups is 1. The zero-order chi connectivity index (χ0) is 51.4. The fourth-order valence-electron chi connectivity index (χ4n) is 6.92. The van der Waals surface area contributed by atoms with Crippen LogP contribution in [-0.4, -0.2) is 110 Å². The van der Waals surface area contributed by atoms with Gasteiger partial charge in [0.1, 0.15) is 5.69 Å². The van der Waals surface area contributed by atoms with Gasteiger partial charge in [-0.3, -0.25) is 34.8 Å². The molecule has 3 rings (SSSR count). The molecule has 0 fully saturated rings. The number of nitrogens with zero attached hydrogens (tertiary/aromatic N) is 5. The highest BCUT2D eigenvalue weighted by atomic mass is 35.5. The first kappa shape index (κ1) is 59.3. The lowest BCUT2D eigenvalue weighted by Crippen LogP contribution is -2.32.